The summed E-state index contributed by atoms with van der Waals surface area (Å²) in [6.45, 7) is 0.347. The number of benzene rings is 2. The number of hydrogen-bond acceptors (Lipinski definition) is 5. The van der Waals surface area contributed by atoms with E-state index in [0.29, 0.717) is 12.4 Å². The standard InChI is InChI=1S/C17H15N5O2/c23-14-2-1-3-15(24)17(14)19-9-16-20-12-5-4-11(8-13(12)21-16)22-7-6-18-10-22/h1-8,10,19,23-24H,9H2,(H,20,21). The van der Waals surface area contributed by atoms with Crippen LogP contribution in [-0.2, 0) is 6.54 Å². The molecule has 0 bridgehead atoms. The van der Waals surface area contributed by atoms with Crippen molar-refractivity contribution in [3.63, 3.8) is 0 Å². The molecule has 2 aromatic heterocycles. The van der Waals surface area contributed by atoms with Crippen LogP contribution in [0.1, 0.15) is 5.82 Å². The second-order valence-electron chi connectivity index (χ2n) is 5.38. The summed E-state index contributed by atoms with van der Waals surface area (Å²) in [5.41, 5.74) is 3.02. The molecule has 0 saturated heterocycles. The number of para-hydroxylation sites is 1. The monoisotopic (exact) mass is 321 g/mol. The molecule has 2 aromatic carbocycles. The number of hydrogen-bond donors (Lipinski definition) is 4. The maximum Gasteiger partial charge on any atom is 0.142 e. The van der Waals surface area contributed by atoms with Gasteiger partial charge in [0.2, 0.25) is 0 Å². The number of aromatic amines is 1. The number of nitrogens with one attached hydrogen (secondary N) is 2. The Morgan fingerprint density at radius 3 is 2.71 bits per heavy atom. The Morgan fingerprint density at radius 2 is 1.96 bits per heavy atom. The van der Waals surface area contributed by atoms with Crippen LogP contribution >= 0.6 is 0 Å². The first kappa shape index (κ1) is 14.1. The summed E-state index contributed by atoms with van der Waals surface area (Å²) in [7, 11) is 0. The third-order valence-electron chi connectivity index (χ3n) is 3.77. The summed E-state index contributed by atoms with van der Waals surface area (Å²) in [6, 6.07) is 10.5. The van der Waals surface area contributed by atoms with Crippen molar-refractivity contribution in [2.24, 2.45) is 0 Å². The van der Waals surface area contributed by atoms with E-state index >= 15 is 0 Å². The minimum absolute atomic E-state index is 0.00601. The number of aromatic hydroxyl groups is 2. The Balaban J connectivity index is 1.59. The molecule has 4 N–H and O–H groups in total. The van der Waals surface area contributed by atoms with Gasteiger partial charge in [-0.25, -0.2) is 9.97 Å². The predicted octanol–water partition coefficient (Wildman–Crippen LogP) is 2.77. The van der Waals surface area contributed by atoms with Crippen molar-refractivity contribution >= 4 is 16.7 Å². The van der Waals surface area contributed by atoms with Crippen LogP contribution in [0.15, 0.2) is 55.1 Å². The molecule has 4 aromatic rings. The molecule has 0 saturated carbocycles. The summed E-state index contributed by atoms with van der Waals surface area (Å²) in [5, 5.41) is 22.6. The van der Waals surface area contributed by atoms with Gasteiger partial charge >= 0.3 is 0 Å². The van der Waals surface area contributed by atoms with Crippen molar-refractivity contribution in [3.05, 3.63) is 60.9 Å². The molecule has 0 amide bonds. The third kappa shape index (κ3) is 2.52. The van der Waals surface area contributed by atoms with Gasteiger partial charge in [-0.15, -0.1) is 0 Å². The third-order valence-corrected chi connectivity index (χ3v) is 3.77. The molecular formula is C17H15N5O2. The van der Waals surface area contributed by atoms with Crippen LogP contribution in [0.3, 0.4) is 0 Å². The van der Waals surface area contributed by atoms with E-state index in [4.69, 9.17) is 0 Å². The van der Waals surface area contributed by atoms with E-state index in [0.717, 1.165) is 16.7 Å². The summed E-state index contributed by atoms with van der Waals surface area (Å²) < 4.78 is 1.91. The van der Waals surface area contributed by atoms with Crippen LogP contribution < -0.4 is 5.32 Å². The first-order valence-electron chi connectivity index (χ1n) is 7.42. The molecular weight excluding hydrogens is 306 g/mol. The van der Waals surface area contributed by atoms with Gasteiger partial charge in [0.25, 0.3) is 0 Å². The van der Waals surface area contributed by atoms with Crippen LogP contribution in [0.4, 0.5) is 5.69 Å². The number of anilines is 1. The molecule has 7 heteroatoms. The highest BCUT2D eigenvalue weighted by Crippen LogP contribution is 2.32. The maximum atomic E-state index is 9.79. The highest BCUT2D eigenvalue weighted by Gasteiger charge is 2.09. The molecule has 0 atom stereocenters. The fourth-order valence-corrected chi connectivity index (χ4v) is 2.59. The Labute approximate surface area is 137 Å². The zero-order chi connectivity index (χ0) is 16.5. The van der Waals surface area contributed by atoms with Gasteiger partial charge in [-0.1, -0.05) is 6.07 Å². The maximum absolute atomic E-state index is 9.79. The van der Waals surface area contributed by atoms with Gasteiger partial charge in [0, 0.05) is 18.1 Å². The molecule has 4 rings (SSSR count). The number of nitrogens with zero attached hydrogens (tertiary/aromatic N) is 3. The molecule has 2 heterocycles. The van der Waals surface area contributed by atoms with Crippen molar-refractivity contribution in [1.82, 2.24) is 19.5 Å². The van der Waals surface area contributed by atoms with Gasteiger partial charge in [0.05, 0.1) is 23.9 Å². The van der Waals surface area contributed by atoms with E-state index in [1.54, 1.807) is 18.6 Å². The molecule has 0 radical (unpaired) electrons. The summed E-state index contributed by atoms with van der Waals surface area (Å²) in [6.07, 6.45) is 5.34. The van der Waals surface area contributed by atoms with Gasteiger partial charge in [-0.3, -0.25) is 0 Å². The average Bonchev–Trinajstić information content (AvgIpc) is 3.23. The number of imidazole rings is 2. The molecule has 7 nitrogen and oxygen atoms in total. The molecule has 0 spiro atoms. The van der Waals surface area contributed by atoms with Gasteiger partial charge < -0.3 is 25.1 Å². The normalized spacial score (nSPS) is 11.0. The van der Waals surface area contributed by atoms with Gasteiger partial charge in [0.15, 0.2) is 0 Å². The van der Waals surface area contributed by atoms with Crippen LogP contribution in [0.5, 0.6) is 11.5 Å². The van der Waals surface area contributed by atoms with Crippen LogP contribution in [-0.4, -0.2) is 29.7 Å². The van der Waals surface area contributed by atoms with E-state index < -0.39 is 0 Å². The Morgan fingerprint density at radius 1 is 1.12 bits per heavy atom. The summed E-state index contributed by atoms with van der Waals surface area (Å²) in [5.74, 6) is 0.692. The fraction of sp³-hybridized carbons (Fsp3) is 0.0588. The number of rotatable bonds is 4. The highest BCUT2D eigenvalue weighted by atomic mass is 16.3. The SMILES string of the molecule is Oc1cccc(O)c1NCc1nc2ccc(-n3ccnc3)cc2[nH]1. The van der Waals surface area contributed by atoms with Gasteiger partial charge in [0.1, 0.15) is 23.0 Å². The lowest BCUT2D eigenvalue weighted by molar-refractivity contribution is 0.454. The minimum Gasteiger partial charge on any atom is -0.506 e. The van der Waals surface area contributed by atoms with E-state index in [9.17, 15) is 10.2 Å². The minimum atomic E-state index is -0.00601. The smallest absolute Gasteiger partial charge is 0.142 e. The van der Waals surface area contributed by atoms with Crippen molar-refractivity contribution in [2.75, 3.05) is 5.32 Å². The molecule has 0 unspecified atom stereocenters. The number of phenols is 2. The second kappa shape index (κ2) is 5.62. The Kier molecular flexibility index (Phi) is 3.31. The quantitative estimate of drug-likeness (QED) is 0.433. The Bertz CT molecular complexity index is 971. The second-order valence-corrected chi connectivity index (χ2v) is 5.38. The van der Waals surface area contributed by atoms with E-state index in [1.165, 1.54) is 12.1 Å². The average molecular weight is 321 g/mol. The molecule has 0 aliphatic rings. The van der Waals surface area contributed by atoms with Crippen molar-refractivity contribution in [1.29, 1.82) is 0 Å². The molecule has 24 heavy (non-hydrogen) atoms. The predicted molar refractivity (Wildman–Crippen MR) is 90.3 cm³/mol. The topological polar surface area (TPSA) is 99.0 Å². The largest absolute Gasteiger partial charge is 0.506 e. The van der Waals surface area contributed by atoms with Crippen molar-refractivity contribution in [2.45, 2.75) is 6.54 Å². The van der Waals surface area contributed by atoms with Crippen LogP contribution in [0.2, 0.25) is 0 Å². The molecule has 0 aliphatic carbocycles. The van der Waals surface area contributed by atoms with Crippen molar-refractivity contribution in [3.8, 4) is 17.2 Å². The van der Waals surface area contributed by atoms with E-state index in [1.807, 2.05) is 29.0 Å². The summed E-state index contributed by atoms with van der Waals surface area (Å²) >= 11 is 0. The van der Waals surface area contributed by atoms with E-state index in [2.05, 4.69) is 20.3 Å². The number of fused-ring (bicyclic) bond motifs is 1. The highest BCUT2D eigenvalue weighted by molar-refractivity contribution is 5.77. The molecule has 120 valence electrons. The number of aromatic nitrogens is 4. The first-order chi connectivity index (χ1) is 11.7. The first-order valence-corrected chi connectivity index (χ1v) is 7.42. The zero-order valence-electron chi connectivity index (χ0n) is 12.6. The van der Waals surface area contributed by atoms with Gasteiger partial charge in [-0.2, -0.15) is 0 Å². The Hall–Kier alpha value is -3.48. The van der Waals surface area contributed by atoms with Gasteiger partial charge in [-0.05, 0) is 30.3 Å². The van der Waals surface area contributed by atoms with Crippen LogP contribution in [0.25, 0.3) is 16.7 Å². The van der Waals surface area contributed by atoms with Crippen molar-refractivity contribution < 1.29 is 10.2 Å². The fourth-order valence-electron chi connectivity index (χ4n) is 2.59. The number of phenolic OH excluding ortho intramolecular Hbond substituents is 2. The lowest BCUT2D eigenvalue weighted by Gasteiger charge is -2.08. The van der Waals surface area contributed by atoms with Crippen LogP contribution in [0, 0.1) is 0 Å². The molecule has 0 aliphatic heterocycles. The lowest BCUT2D eigenvalue weighted by Crippen LogP contribution is -2.01. The zero-order valence-corrected chi connectivity index (χ0v) is 12.6. The molecule has 0 fully saturated rings. The number of H-pyrrole nitrogens is 1. The lowest BCUT2D eigenvalue weighted by atomic mass is 10.2. The van der Waals surface area contributed by atoms with E-state index in [-0.39, 0.29) is 17.2 Å². The summed E-state index contributed by atoms with van der Waals surface area (Å²) in [4.78, 5) is 11.8.